The highest BCUT2D eigenvalue weighted by atomic mass is 16.2. The van der Waals surface area contributed by atoms with E-state index in [2.05, 4.69) is 25.6 Å². The molecule has 0 radical (unpaired) electrons. The fourth-order valence-electron chi connectivity index (χ4n) is 3.21. The molecule has 2 aliphatic rings. The summed E-state index contributed by atoms with van der Waals surface area (Å²) in [5.41, 5.74) is 7.76. The highest BCUT2D eigenvalue weighted by Crippen LogP contribution is 2.38. The lowest BCUT2D eigenvalue weighted by Gasteiger charge is -2.12. The Morgan fingerprint density at radius 1 is 1.23 bits per heavy atom. The van der Waals surface area contributed by atoms with Crippen molar-refractivity contribution >= 4 is 17.5 Å². The minimum Gasteiger partial charge on any atom is -0.346 e. The first-order valence-electron chi connectivity index (χ1n) is 9.33. The van der Waals surface area contributed by atoms with Crippen LogP contribution in [-0.2, 0) is 14.4 Å². The van der Waals surface area contributed by atoms with E-state index in [1.807, 2.05) is 0 Å². The van der Waals surface area contributed by atoms with Gasteiger partial charge in [-0.05, 0) is 37.6 Å². The third-order valence-corrected chi connectivity index (χ3v) is 4.83. The molecule has 1 aliphatic heterocycles. The average molecular weight is 362 g/mol. The maximum Gasteiger partial charge on any atom is 0.228 e. The SMILES string of the molecule is [N-]=[N+]=NCCCCCCC1(CCC(=O)CC(=O)N[C@H]2CCCC2=O)N=N1. The first-order valence-corrected chi connectivity index (χ1v) is 9.33. The molecule has 2 rings (SSSR count). The van der Waals surface area contributed by atoms with Crippen molar-refractivity contribution in [1.82, 2.24) is 5.32 Å². The molecule has 0 saturated heterocycles. The van der Waals surface area contributed by atoms with Gasteiger partial charge in [-0.3, -0.25) is 14.4 Å². The second-order valence-electron chi connectivity index (χ2n) is 7.00. The fraction of sp³-hybridized carbons (Fsp3) is 0.824. The third-order valence-electron chi connectivity index (χ3n) is 4.83. The summed E-state index contributed by atoms with van der Waals surface area (Å²) in [6.45, 7) is 0.527. The zero-order valence-corrected chi connectivity index (χ0v) is 15.0. The number of unbranched alkanes of at least 4 members (excludes halogenated alkanes) is 3. The zero-order valence-electron chi connectivity index (χ0n) is 15.0. The van der Waals surface area contributed by atoms with Crippen molar-refractivity contribution in [3.63, 3.8) is 0 Å². The molecule has 142 valence electrons. The van der Waals surface area contributed by atoms with Gasteiger partial charge in [0.25, 0.3) is 0 Å². The molecular weight excluding hydrogens is 336 g/mol. The van der Waals surface area contributed by atoms with Crippen LogP contribution in [0.3, 0.4) is 0 Å². The van der Waals surface area contributed by atoms with Crippen molar-refractivity contribution in [2.75, 3.05) is 6.54 Å². The predicted molar refractivity (Wildman–Crippen MR) is 94.3 cm³/mol. The molecule has 26 heavy (non-hydrogen) atoms. The van der Waals surface area contributed by atoms with E-state index in [9.17, 15) is 14.4 Å². The number of rotatable bonds is 13. The number of nitrogens with zero attached hydrogens (tertiary/aromatic N) is 5. The van der Waals surface area contributed by atoms with Gasteiger partial charge in [-0.25, -0.2) is 0 Å². The van der Waals surface area contributed by atoms with Crippen molar-refractivity contribution in [3.8, 4) is 0 Å². The minimum absolute atomic E-state index is 0.0553. The molecular formula is C17H26N6O3. The number of hydrogen-bond donors (Lipinski definition) is 1. The average Bonchev–Trinajstić information content (AvgIpc) is 3.28. The summed E-state index contributed by atoms with van der Waals surface area (Å²) in [6.07, 6.45) is 7.27. The van der Waals surface area contributed by atoms with Gasteiger partial charge in [0.05, 0.1) is 12.5 Å². The van der Waals surface area contributed by atoms with Crippen LogP contribution in [0.15, 0.2) is 15.3 Å². The van der Waals surface area contributed by atoms with E-state index in [1.54, 1.807) is 0 Å². The topological polar surface area (TPSA) is 137 Å². The van der Waals surface area contributed by atoms with E-state index in [0.29, 0.717) is 25.8 Å². The second kappa shape index (κ2) is 10.0. The Morgan fingerprint density at radius 3 is 2.65 bits per heavy atom. The second-order valence-corrected chi connectivity index (χ2v) is 7.00. The smallest absolute Gasteiger partial charge is 0.228 e. The van der Waals surface area contributed by atoms with Crippen molar-refractivity contribution < 1.29 is 14.4 Å². The summed E-state index contributed by atoms with van der Waals surface area (Å²) in [6, 6.07) is -0.408. The van der Waals surface area contributed by atoms with Gasteiger partial charge in [-0.2, -0.15) is 10.2 Å². The Labute approximate surface area is 152 Å². The van der Waals surface area contributed by atoms with E-state index >= 15 is 0 Å². The molecule has 1 amide bonds. The van der Waals surface area contributed by atoms with Crippen LogP contribution in [0.1, 0.15) is 70.6 Å². The van der Waals surface area contributed by atoms with Gasteiger partial charge >= 0.3 is 0 Å². The van der Waals surface area contributed by atoms with E-state index in [1.165, 1.54) is 0 Å². The number of azide groups is 1. The Morgan fingerprint density at radius 2 is 2.00 bits per heavy atom. The summed E-state index contributed by atoms with van der Waals surface area (Å²) in [7, 11) is 0. The van der Waals surface area contributed by atoms with Crippen LogP contribution in [0.2, 0.25) is 0 Å². The monoisotopic (exact) mass is 362 g/mol. The predicted octanol–water partition coefficient (Wildman–Crippen LogP) is 3.39. The third kappa shape index (κ3) is 6.92. The number of hydrogen-bond acceptors (Lipinski definition) is 6. The van der Waals surface area contributed by atoms with Crippen LogP contribution in [0.25, 0.3) is 10.4 Å². The van der Waals surface area contributed by atoms with Crippen molar-refractivity contribution in [3.05, 3.63) is 10.4 Å². The van der Waals surface area contributed by atoms with Crippen LogP contribution in [0, 0.1) is 0 Å². The highest BCUT2D eigenvalue weighted by molar-refractivity contribution is 6.00. The Kier molecular flexibility index (Phi) is 7.72. The molecule has 1 aliphatic carbocycles. The summed E-state index contributed by atoms with van der Waals surface area (Å²) in [5, 5.41) is 14.3. The van der Waals surface area contributed by atoms with Crippen LogP contribution in [-0.4, -0.2) is 35.7 Å². The van der Waals surface area contributed by atoms with Gasteiger partial charge in [-0.1, -0.05) is 18.0 Å². The normalized spacial score (nSPS) is 19.8. The molecule has 1 atom stereocenters. The molecule has 1 saturated carbocycles. The summed E-state index contributed by atoms with van der Waals surface area (Å²) in [5.74, 6) is -0.451. The summed E-state index contributed by atoms with van der Waals surface area (Å²) < 4.78 is 0. The molecule has 0 unspecified atom stereocenters. The number of Topliss-reactive ketones (excluding diaryl/α,β-unsaturated/α-hetero) is 2. The molecule has 1 fully saturated rings. The van der Waals surface area contributed by atoms with Gasteiger partial charge in [0.15, 0.2) is 11.4 Å². The molecule has 0 bridgehead atoms. The molecule has 1 heterocycles. The maximum absolute atomic E-state index is 12.0. The first kappa shape index (κ1) is 20.0. The van der Waals surface area contributed by atoms with E-state index in [-0.39, 0.29) is 30.3 Å². The number of ketones is 2. The van der Waals surface area contributed by atoms with Gasteiger partial charge < -0.3 is 5.32 Å². The zero-order chi connectivity index (χ0) is 18.8. The molecule has 0 aromatic rings. The molecule has 0 aromatic heterocycles. The Hall–Kier alpha value is -2.28. The molecule has 9 nitrogen and oxygen atoms in total. The quantitative estimate of drug-likeness (QED) is 0.177. The summed E-state index contributed by atoms with van der Waals surface area (Å²) >= 11 is 0. The largest absolute Gasteiger partial charge is 0.346 e. The minimum atomic E-state index is -0.432. The number of carbonyl (C=O) groups excluding carboxylic acids is 3. The fourth-order valence-corrected chi connectivity index (χ4v) is 3.21. The first-order chi connectivity index (χ1) is 12.5. The van der Waals surface area contributed by atoms with E-state index in [4.69, 9.17) is 5.53 Å². The lowest BCUT2D eigenvalue weighted by molar-refractivity contribution is -0.131. The van der Waals surface area contributed by atoms with E-state index < -0.39 is 11.7 Å². The molecule has 0 aromatic carbocycles. The molecule has 9 heteroatoms. The van der Waals surface area contributed by atoms with Gasteiger partial charge in [-0.15, -0.1) is 0 Å². The molecule has 1 N–H and O–H groups in total. The highest BCUT2D eigenvalue weighted by Gasteiger charge is 2.39. The van der Waals surface area contributed by atoms with Crippen LogP contribution in [0.5, 0.6) is 0 Å². The van der Waals surface area contributed by atoms with Gasteiger partial charge in [0.2, 0.25) is 5.91 Å². The number of amides is 1. The van der Waals surface area contributed by atoms with Gasteiger partial charge in [0.1, 0.15) is 5.78 Å². The van der Waals surface area contributed by atoms with Gasteiger partial charge in [0, 0.05) is 30.7 Å². The standard InChI is InChI=1S/C17H26N6O3/c18-23-19-11-4-2-1-3-9-17(21-22-17)10-8-13(24)12-16(26)20-14-6-5-7-15(14)25/h14H,1-12H2,(H,20,26)/t14-/m0/s1. The van der Waals surface area contributed by atoms with Crippen LogP contribution in [0.4, 0.5) is 0 Å². The number of carbonyl (C=O) groups is 3. The van der Waals surface area contributed by atoms with Crippen molar-refractivity contribution in [2.24, 2.45) is 15.3 Å². The molecule has 0 spiro atoms. The lowest BCUT2D eigenvalue weighted by Crippen LogP contribution is -2.38. The van der Waals surface area contributed by atoms with E-state index in [0.717, 1.165) is 38.5 Å². The van der Waals surface area contributed by atoms with Crippen molar-refractivity contribution in [2.45, 2.75) is 82.3 Å². The maximum atomic E-state index is 12.0. The van der Waals surface area contributed by atoms with Crippen LogP contribution < -0.4 is 5.32 Å². The summed E-state index contributed by atoms with van der Waals surface area (Å²) in [4.78, 5) is 38.1. The Balaban J connectivity index is 1.55. The lowest BCUT2D eigenvalue weighted by atomic mass is 9.97. The van der Waals surface area contributed by atoms with Crippen molar-refractivity contribution in [1.29, 1.82) is 0 Å². The number of nitrogens with one attached hydrogen (secondary N) is 1. The van der Waals surface area contributed by atoms with Crippen LogP contribution >= 0.6 is 0 Å². The Bertz CT molecular complexity index is 606.